The second-order valence-corrected chi connectivity index (χ2v) is 4.55. The van der Waals surface area contributed by atoms with E-state index in [0.29, 0.717) is 5.56 Å². The van der Waals surface area contributed by atoms with Crippen LogP contribution in [0.5, 0.6) is 5.75 Å². The van der Waals surface area contributed by atoms with Crippen LogP contribution < -0.4 is 5.32 Å². The fourth-order valence-corrected chi connectivity index (χ4v) is 1.82. The Balaban J connectivity index is 1.98. The Hall–Kier alpha value is -2.33. The summed E-state index contributed by atoms with van der Waals surface area (Å²) in [6, 6.07) is 12.8. The fourth-order valence-electron chi connectivity index (χ4n) is 1.64. The molecule has 102 valence electrons. The number of benzene rings is 2. The van der Waals surface area contributed by atoms with Gasteiger partial charge in [0.1, 0.15) is 5.75 Å². The van der Waals surface area contributed by atoms with Crippen molar-refractivity contribution in [2.24, 2.45) is 0 Å². The lowest BCUT2D eigenvalue weighted by atomic mass is 10.1. The van der Waals surface area contributed by atoms with E-state index in [1.807, 2.05) is 6.07 Å². The third-order valence-electron chi connectivity index (χ3n) is 2.72. The molecule has 2 aromatic carbocycles. The van der Waals surface area contributed by atoms with Crippen molar-refractivity contribution in [1.82, 2.24) is 5.32 Å². The zero-order chi connectivity index (χ0) is 14.5. The molecule has 0 saturated carbocycles. The van der Waals surface area contributed by atoms with E-state index >= 15 is 0 Å². The Morgan fingerprint density at radius 1 is 1.05 bits per heavy atom. The molecule has 0 bridgehead atoms. The van der Waals surface area contributed by atoms with Gasteiger partial charge in [0.05, 0.1) is 11.6 Å². The van der Waals surface area contributed by atoms with Crippen molar-refractivity contribution in [3.8, 4) is 5.75 Å². The van der Waals surface area contributed by atoms with Crippen molar-refractivity contribution in [2.75, 3.05) is 6.54 Å². The molecule has 0 unspecified atom stereocenters. The van der Waals surface area contributed by atoms with E-state index in [0.717, 1.165) is 0 Å². The minimum absolute atomic E-state index is 0.0898. The second kappa shape index (κ2) is 6.21. The number of rotatable bonds is 4. The van der Waals surface area contributed by atoms with E-state index < -0.39 is 5.91 Å². The molecule has 0 aromatic heterocycles. The van der Waals surface area contributed by atoms with Crippen LogP contribution in [0.3, 0.4) is 0 Å². The molecular formula is C15H12ClNO3. The predicted octanol–water partition coefficient (Wildman–Crippen LogP) is 2.66. The highest BCUT2D eigenvalue weighted by Gasteiger charge is 2.11. The maximum atomic E-state index is 11.8. The molecule has 0 spiro atoms. The smallest absolute Gasteiger partial charge is 0.251 e. The third-order valence-corrected chi connectivity index (χ3v) is 3.02. The lowest BCUT2D eigenvalue weighted by Crippen LogP contribution is -2.29. The van der Waals surface area contributed by atoms with Crippen LogP contribution in [-0.4, -0.2) is 23.3 Å². The van der Waals surface area contributed by atoms with Crippen LogP contribution in [0.2, 0.25) is 5.02 Å². The topological polar surface area (TPSA) is 66.4 Å². The van der Waals surface area contributed by atoms with Gasteiger partial charge in [0, 0.05) is 11.1 Å². The molecule has 2 aromatic rings. The first-order valence-electron chi connectivity index (χ1n) is 5.93. The molecule has 0 aliphatic heterocycles. The van der Waals surface area contributed by atoms with Crippen molar-refractivity contribution in [2.45, 2.75) is 0 Å². The van der Waals surface area contributed by atoms with Gasteiger partial charge in [0.15, 0.2) is 5.78 Å². The van der Waals surface area contributed by atoms with Crippen LogP contribution in [0, 0.1) is 0 Å². The minimum atomic E-state index is -0.420. The highest BCUT2D eigenvalue weighted by molar-refractivity contribution is 6.32. The first-order chi connectivity index (χ1) is 9.58. The van der Waals surface area contributed by atoms with E-state index in [-0.39, 0.29) is 28.7 Å². The average molecular weight is 290 g/mol. The highest BCUT2D eigenvalue weighted by atomic mass is 35.5. The van der Waals surface area contributed by atoms with E-state index in [2.05, 4.69) is 5.32 Å². The molecule has 0 fully saturated rings. The summed E-state index contributed by atoms with van der Waals surface area (Å²) in [5, 5.41) is 11.9. The van der Waals surface area contributed by atoms with Crippen molar-refractivity contribution < 1.29 is 14.7 Å². The summed E-state index contributed by atoms with van der Waals surface area (Å²) in [4.78, 5) is 23.7. The predicted molar refractivity (Wildman–Crippen MR) is 76.2 cm³/mol. The standard InChI is InChI=1S/C15H12ClNO3/c16-12-8-11(6-7-13(12)18)15(20)17-9-14(19)10-4-2-1-3-5-10/h1-8,18H,9H2,(H,17,20). The molecule has 0 aliphatic carbocycles. The Kier molecular flexibility index (Phi) is 4.38. The number of aromatic hydroxyl groups is 1. The van der Waals surface area contributed by atoms with Gasteiger partial charge in [-0.3, -0.25) is 9.59 Å². The van der Waals surface area contributed by atoms with E-state index in [1.165, 1.54) is 18.2 Å². The van der Waals surface area contributed by atoms with Crippen molar-refractivity contribution in [1.29, 1.82) is 0 Å². The molecule has 0 aliphatic rings. The molecule has 4 nitrogen and oxygen atoms in total. The number of nitrogens with one attached hydrogen (secondary N) is 1. The summed E-state index contributed by atoms with van der Waals surface area (Å²) in [7, 11) is 0. The highest BCUT2D eigenvalue weighted by Crippen LogP contribution is 2.23. The van der Waals surface area contributed by atoms with E-state index in [4.69, 9.17) is 11.6 Å². The average Bonchev–Trinajstić information content (AvgIpc) is 2.48. The molecular weight excluding hydrogens is 278 g/mol. The molecule has 20 heavy (non-hydrogen) atoms. The number of halogens is 1. The summed E-state index contributed by atoms with van der Waals surface area (Å²) in [5.74, 6) is -0.691. The molecule has 0 radical (unpaired) electrons. The second-order valence-electron chi connectivity index (χ2n) is 4.14. The third kappa shape index (κ3) is 3.36. The number of hydrogen-bond donors (Lipinski definition) is 2. The summed E-state index contributed by atoms with van der Waals surface area (Å²) < 4.78 is 0. The van der Waals surface area contributed by atoms with Gasteiger partial charge in [-0.05, 0) is 18.2 Å². The zero-order valence-corrected chi connectivity index (χ0v) is 11.2. The number of carbonyl (C=O) groups excluding carboxylic acids is 2. The summed E-state index contributed by atoms with van der Waals surface area (Å²) in [5.41, 5.74) is 0.824. The van der Waals surface area contributed by atoms with Crippen molar-refractivity contribution in [3.63, 3.8) is 0 Å². The van der Waals surface area contributed by atoms with Crippen LogP contribution in [0.4, 0.5) is 0 Å². The minimum Gasteiger partial charge on any atom is -0.506 e. The van der Waals surface area contributed by atoms with Crippen LogP contribution in [-0.2, 0) is 0 Å². The van der Waals surface area contributed by atoms with Gasteiger partial charge in [-0.2, -0.15) is 0 Å². The summed E-state index contributed by atoms with van der Waals surface area (Å²) >= 11 is 5.72. The first kappa shape index (κ1) is 14.1. The molecule has 2 N–H and O–H groups in total. The van der Waals surface area contributed by atoms with Gasteiger partial charge in [-0.25, -0.2) is 0 Å². The number of amides is 1. The number of Topliss-reactive ketones (excluding diaryl/α,β-unsaturated/α-hetero) is 1. The Morgan fingerprint density at radius 2 is 1.75 bits per heavy atom. The Bertz CT molecular complexity index is 641. The Labute approximate surface area is 121 Å². The van der Waals surface area contributed by atoms with Crippen LogP contribution in [0.25, 0.3) is 0 Å². The van der Waals surface area contributed by atoms with Gasteiger partial charge >= 0.3 is 0 Å². The summed E-state index contributed by atoms with van der Waals surface area (Å²) in [6.07, 6.45) is 0. The van der Waals surface area contributed by atoms with Crippen LogP contribution >= 0.6 is 11.6 Å². The zero-order valence-electron chi connectivity index (χ0n) is 10.5. The monoisotopic (exact) mass is 289 g/mol. The largest absolute Gasteiger partial charge is 0.506 e. The maximum absolute atomic E-state index is 11.8. The van der Waals surface area contributed by atoms with Crippen LogP contribution in [0.1, 0.15) is 20.7 Å². The number of phenolic OH excluding ortho intramolecular Hbond substituents is 1. The molecule has 0 atom stereocenters. The lowest BCUT2D eigenvalue weighted by molar-refractivity contribution is 0.0904. The van der Waals surface area contributed by atoms with Crippen molar-refractivity contribution in [3.05, 3.63) is 64.7 Å². The Morgan fingerprint density at radius 3 is 2.40 bits per heavy atom. The normalized spacial score (nSPS) is 10.1. The molecule has 2 rings (SSSR count). The number of carbonyl (C=O) groups is 2. The van der Waals surface area contributed by atoms with Crippen molar-refractivity contribution >= 4 is 23.3 Å². The maximum Gasteiger partial charge on any atom is 0.251 e. The van der Waals surface area contributed by atoms with Gasteiger partial charge in [-0.15, -0.1) is 0 Å². The van der Waals surface area contributed by atoms with Gasteiger partial charge in [-0.1, -0.05) is 41.9 Å². The van der Waals surface area contributed by atoms with Gasteiger partial charge in [0.2, 0.25) is 0 Å². The molecule has 5 heteroatoms. The van der Waals surface area contributed by atoms with Gasteiger partial charge in [0.25, 0.3) is 5.91 Å². The number of ketones is 1. The van der Waals surface area contributed by atoms with Gasteiger partial charge < -0.3 is 10.4 Å². The fraction of sp³-hybridized carbons (Fsp3) is 0.0667. The molecule has 0 heterocycles. The molecule has 1 amide bonds. The molecule has 0 saturated heterocycles. The SMILES string of the molecule is O=C(CNC(=O)c1ccc(O)c(Cl)c1)c1ccccc1. The lowest BCUT2D eigenvalue weighted by Gasteiger charge is -2.06. The summed E-state index contributed by atoms with van der Waals surface area (Å²) in [6.45, 7) is -0.0959. The van der Waals surface area contributed by atoms with E-state index in [9.17, 15) is 14.7 Å². The number of phenols is 1. The first-order valence-corrected chi connectivity index (χ1v) is 6.30. The number of hydrogen-bond acceptors (Lipinski definition) is 3. The van der Waals surface area contributed by atoms with Crippen LogP contribution in [0.15, 0.2) is 48.5 Å². The quantitative estimate of drug-likeness (QED) is 0.850. The van der Waals surface area contributed by atoms with E-state index in [1.54, 1.807) is 24.3 Å².